The van der Waals surface area contributed by atoms with Crippen LogP contribution >= 0.6 is 0 Å². The molecule has 28 heavy (non-hydrogen) atoms. The molecule has 3 rings (SSSR count). The maximum atomic E-state index is 12.9. The van der Waals surface area contributed by atoms with E-state index in [4.69, 9.17) is 4.74 Å². The summed E-state index contributed by atoms with van der Waals surface area (Å²) < 4.78 is 33.0. The van der Waals surface area contributed by atoms with Gasteiger partial charge in [0.2, 0.25) is 15.9 Å². The van der Waals surface area contributed by atoms with Gasteiger partial charge in [0, 0.05) is 39.3 Å². The highest BCUT2D eigenvalue weighted by atomic mass is 32.2. The number of amides is 1. The molecule has 8 heteroatoms. The van der Waals surface area contributed by atoms with E-state index < -0.39 is 10.0 Å². The van der Waals surface area contributed by atoms with Crippen LogP contribution < -0.4 is 0 Å². The molecule has 1 amide bonds. The molecule has 1 aromatic carbocycles. The van der Waals surface area contributed by atoms with E-state index in [0.717, 1.165) is 24.2 Å². The summed E-state index contributed by atoms with van der Waals surface area (Å²) in [5, 5.41) is 0. The van der Waals surface area contributed by atoms with Crippen molar-refractivity contribution in [3.63, 3.8) is 0 Å². The third kappa shape index (κ3) is 4.74. The number of sulfonamides is 1. The molecule has 0 saturated carbocycles. The fourth-order valence-electron chi connectivity index (χ4n) is 3.91. The molecular weight excluding hydrogens is 378 g/mol. The SMILES string of the molecule is Cc1ccc(S(=O)(=O)N2CCN(C(=O)CN3C[C@H](C)O[C@@H](C)C3)CC2)cc1C. The average molecular weight is 410 g/mol. The quantitative estimate of drug-likeness (QED) is 0.749. The summed E-state index contributed by atoms with van der Waals surface area (Å²) in [4.78, 5) is 16.9. The van der Waals surface area contributed by atoms with E-state index >= 15 is 0 Å². The molecule has 2 heterocycles. The minimum Gasteiger partial charge on any atom is -0.373 e. The molecule has 2 atom stereocenters. The van der Waals surface area contributed by atoms with E-state index in [-0.39, 0.29) is 18.1 Å². The lowest BCUT2D eigenvalue weighted by Crippen LogP contribution is -2.54. The van der Waals surface area contributed by atoms with Crippen molar-refractivity contribution in [2.24, 2.45) is 0 Å². The first-order valence-electron chi connectivity index (χ1n) is 9.90. The lowest BCUT2D eigenvalue weighted by Gasteiger charge is -2.38. The Kier molecular flexibility index (Phi) is 6.44. The lowest BCUT2D eigenvalue weighted by atomic mass is 10.1. The predicted octanol–water partition coefficient (Wildman–Crippen LogP) is 1.25. The van der Waals surface area contributed by atoms with Crippen molar-refractivity contribution in [3.8, 4) is 0 Å². The van der Waals surface area contributed by atoms with Gasteiger partial charge in [-0.3, -0.25) is 9.69 Å². The Bertz CT molecular complexity index is 809. The van der Waals surface area contributed by atoms with E-state index in [0.29, 0.717) is 37.6 Å². The molecule has 0 aromatic heterocycles. The number of carbonyl (C=O) groups is 1. The van der Waals surface area contributed by atoms with Gasteiger partial charge in [0.05, 0.1) is 23.6 Å². The third-order valence-electron chi connectivity index (χ3n) is 5.56. The zero-order chi connectivity index (χ0) is 20.5. The molecule has 0 unspecified atom stereocenters. The van der Waals surface area contributed by atoms with Crippen LogP contribution in [0.2, 0.25) is 0 Å². The van der Waals surface area contributed by atoms with Crippen molar-refractivity contribution in [2.75, 3.05) is 45.8 Å². The van der Waals surface area contributed by atoms with Crippen molar-refractivity contribution < 1.29 is 17.9 Å². The fourth-order valence-corrected chi connectivity index (χ4v) is 5.41. The van der Waals surface area contributed by atoms with Crippen LogP contribution in [0.1, 0.15) is 25.0 Å². The summed E-state index contributed by atoms with van der Waals surface area (Å²) in [6.07, 6.45) is 0.244. The van der Waals surface area contributed by atoms with Gasteiger partial charge in [0.1, 0.15) is 0 Å². The Morgan fingerprint density at radius 2 is 1.64 bits per heavy atom. The van der Waals surface area contributed by atoms with Crippen LogP contribution in [0, 0.1) is 13.8 Å². The Hall–Kier alpha value is -1.48. The maximum Gasteiger partial charge on any atom is 0.243 e. The van der Waals surface area contributed by atoms with Crippen molar-refractivity contribution in [1.29, 1.82) is 0 Å². The first-order chi connectivity index (χ1) is 13.2. The van der Waals surface area contributed by atoms with Gasteiger partial charge in [-0.1, -0.05) is 6.07 Å². The van der Waals surface area contributed by atoms with Crippen LogP contribution in [0.3, 0.4) is 0 Å². The molecule has 2 fully saturated rings. The minimum absolute atomic E-state index is 0.0597. The summed E-state index contributed by atoms with van der Waals surface area (Å²) in [5.41, 5.74) is 2.03. The third-order valence-corrected chi connectivity index (χ3v) is 7.46. The van der Waals surface area contributed by atoms with Crippen molar-refractivity contribution >= 4 is 15.9 Å². The highest BCUT2D eigenvalue weighted by molar-refractivity contribution is 7.89. The normalized spacial score (nSPS) is 25.1. The maximum absolute atomic E-state index is 12.9. The number of hydrogen-bond donors (Lipinski definition) is 0. The van der Waals surface area contributed by atoms with Gasteiger partial charge in [-0.15, -0.1) is 0 Å². The molecule has 0 N–H and O–H groups in total. The molecule has 7 nitrogen and oxygen atoms in total. The first kappa shape index (κ1) is 21.2. The van der Waals surface area contributed by atoms with Crippen LogP contribution in [-0.2, 0) is 19.6 Å². The number of rotatable bonds is 4. The predicted molar refractivity (Wildman–Crippen MR) is 108 cm³/mol. The summed E-state index contributed by atoms with van der Waals surface area (Å²) in [6, 6.07) is 5.23. The molecule has 0 bridgehead atoms. The molecule has 2 aliphatic heterocycles. The van der Waals surface area contributed by atoms with Crippen LogP contribution in [0.4, 0.5) is 0 Å². The average Bonchev–Trinajstić information content (AvgIpc) is 2.63. The van der Waals surface area contributed by atoms with Crippen molar-refractivity contribution in [1.82, 2.24) is 14.1 Å². The second kappa shape index (κ2) is 8.49. The number of morpholine rings is 1. The van der Waals surface area contributed by atoms with Crippen molar-refractivity contribution in [2.45, 2.75) is 44.8 Å². The van der Waals surface area contributed by atoms with Gasteiger partial charge in [0.25, 0.3) is 0 Å². The van der Waals surface area contributed by atoms with Crippen LogP contribution in [0.5, 0.6) is 0 Å². The highest BCUT2D eigenvalue weighted by Gasteiger charge is 2.31. The van der Waals surface area contributed by atoms with E-state index in [9.17, 15) is 13.2 Å². The smallest absolute Gasteiger partial charge is 0.243 e. The van der Waals surface area contributed by atoms with Gasteiger partial charge >= 0.3 is 0 Å². The standard InChI is InChI=1S/C20H31N3O4S/c1-15-5-6-19(11-16(15)2)28(25,26)23-9-7-22(8-10-23)20(24)14-21-12-17(3)27-18(4)13-21/h5-6,11,17-18H,7-10,12-14H2,1-4H3/t17-,18-/m0/s1. The molecular formula is C20H31N3O4S. The molecule has 0 spiro atoms. The number of carbonyl (C=O) groups excluding carboxylic acids is 1. The van der Waals surface area contributed by atoms with Gasteiger partial charge in [-0.05, 0) is 51.0 Å². The summed E-state index contributed by atoms with van der Waals surface area (Å²) in [6.45, 7) is 11.3. The Morgan fingerprint density at radius 3 is 2.21 bits per heavy atom. The molecule has 2 aliphatic rings. The highest BCUT2D eigenvalue weighted by Crippen LogP contribution is 2.20. The van der Waals surface area contributed by atoms with Gasteiger partial charge in [-0.2, -0.15) is 4.31 Å². The summed E-state index contributed by atoms with van der Waals surface area (Å²) >= 11 is 0. The summed E-state index contributed by atoms with van der Waals surface area (Å²) in [7, 11) is -3.52. The second-order valence-electron chi connectivity index (χ2n) is 7.98. The Morgan fingerprint density at radius 1 is 1.04 bits per heavy atom. The van der Waals surface area contributed by atoms with Gasteiger partial charge in [-0.25, -0.2) is 8.42 Å². The van der Waals surface area contributed by atoms with E-state index in [1.165, 1.54) is 4.31 Å². The first-order valence-corrected chi connectivity index (χ1v) is 11.3. The zero-order valence-electron chi connectivity index (χ0n) is 17.2. The number of aryl methyl sites for hydroxylation is 2. The monoisotopic (exact) mass is 409 g/mol. The number of benzene rings is 1. The molecule has 0 radical (unpaired) electrons. The molecule has 1 aromatic rings. The van der Waals surface area contributed by atoms with E-state index in [1.807, 2.05) is 33.8 Å². The zero-order valence-corrected chi connectivity index (χ0v) is 18.0. The van der Waals surface area contributed by atoms with E-state index in [2.05, 4.69) is 4.90 Å². The number of piperazine rings is 1. The number of ether oxygens (including phenoxy) is 1. The lowest BCUT2D eigenvalue weighted by molar-refractivity contribution is -0.137. The van der Waals surface area contributed by atoms with E-state index in [1.54, 1.807) is 17.0 Å². The molecule has 0 aliphatic carbocycles. The number of nitrogens with zero attached hydrogens (tertiary/aromatic N) is 3. The summed E-state index contributed by atoms with van der Waals surface area (Å²) in [5.74, 6) is 0.0597. The fraction of sp³-hybridized carbons (Fsp3) is 0.650. The largest absolute Gasteiger partial charge is 0.373 e. The molecule has 156 valence electrons. The molecule has 2 saturated heterocycles. The second-order valence-corrected chi connectivity index (χ2v) is 9.92. The Balaban J connectivity index is 1.57. The number of hydrogen-bond acceptors (Lipinski definition) is 5. The van der Waals surface area contributed by atoms with Crippen LogP contribution in [-0.4, -0.2) is 86.5 Å². The van der Waals surface area contributed by atoms with Crippen molar-refractivity contribution in [3.05, 3.63) is 29.3 Å². The van der Waals surface area contributed by atoms with Gasteiger partial charge < -0.3 is 9.64 Å². The van der Waals surface area contributed by atoms with Gasteiger partial charge in [0.15, 0.2) is 0 Å². The minimum atomic E-state index is -3.52. The Labute approximate surface area is 168 Å². The topological polar surface area (TPSA) is 70.2 Å². The van der Waals surface area contributed by atoms with Crippen LogP contribution in [0.15, 0.2) is 23.1 Å². The van der Waals surface area contributed by atoms with Crippen LogP contribution in [0.25, 0.3) is 0 Å².